The van der Waals surface area contributed by atoms with Crippen LogP contribution in [0.3, 0.4) is 0 Å². The number of methoxy groups -OCH3 is 2. The second-order valence-electron chi connectivity index (χ2n) is 6.61. The molecule has 2 rings (SSSR count). The Morgan fingerprint density at radius 2 is 1.92 bits per heavy atom. The summed E-state index contributed by atoms with van der Waals surface area (Å²) in [6, 6.07) is 3.45. The first-order chi connectivity index (χ1) is 12.5. The van der Waals surface area contributed by atoms with E-state index in [0.717, 1.165) is 6.42 Å². The summed E-state index contributed by atoms with van der Waals surface area (Å²) < 4.78 is 10.4. The third kappa shape index (κ3) is 5.20. The highest BCUT2D eigenvalue weighted by Gasteiger charge is 2.22. The van der Waals surface area contributed by atoms with E-state index in [4.69, 9.17) is 21.7 Å². The maximum absolute atomic E-state index is 11.3. The van der Waals surface area contributed by atoms with Crippen LogP contribution in [0.15, 0.2) is 12.1 Å². The van der Waals surface area contributed by atoms with E-state index in [0.29, 0.717) is 47.1 Å². The van der Waals surface area contributed by atoms with Gasteiger partial charge in [-0.3, -0.25) is 10.1 Å². The zero-order valence-electron chi connectivity index (χ0n) is 15.5. The van der Waals surface area contributed by atoms with Crippen LogP contribution >= 0.6 is 12.2 Å². The van der Waals surface area contributed by atoms with E-state index < -0.39 is 4.92 Å². The number of nitro benzene ring substituents is 1. The lowest BCUT2D eigenvalue weighted by atomic mass is 9.86. The molecule has 0 aliphatic heterocycles. The second-order valence-corrected chi connectivity index (χ2v) is 7.02. The third-order valence-corrected chi connectivity index (χ3v) is 5.15. The van der Waals surface area contributed by atoms with Crippen LogP contribution in [-0.4, -0.2) is 36.8 Å². The van der Waals surface area contributed by atoms with Crippen LogP contribution in [0.4, 0.5) is 5.69 Å². The fraction of sp³-hybridized carbons (Fsp3) is 0.611. The molecule has 1 aliphatic carbocycles. The molecule has 1 aromatic carbocycles. The Kier molecular flexibility index (Phi) is 7.44. The van der Waals surface area contributed by atoms with Gasteiger partial charge in [-0.25, -0.2) is 0 Å². The number of nitro groups is 1. The molecule has 1 saturated carbocycles. The monoisotopic (exact) mass is 381 g/mol. The van der Waals surface area contributed by atoms with Gasteiger partial charge in [-0.15, -0.1) is 0 Å². The molecule has 0 radical (unpaired) electrons. The molecular weight excluding hydrogens is 354 g/mol. The molecule has 0 unspecified atom stereocenters. The number of rotatable bonds is 7. The highest BCUT2D eigenvalue weighted by Crippen LogP contribution is 2.34. The first kappa shape index (κ1) is 20.2. The predicted octanol–water partition coefficient (Wildman–Crippen LogP) is 3.20. The zero-order valence-corrected chi connectivity index (χ0v) is 16.4. The number of hydrogen-bond acceptors (Lipinski definition) is 5. The third-order valence-electron chi connectivity index (χ3n) is 4.89. The summed E-state index contributed by atoms with van der Waals surface area (Å²) in [5.74, 6) is 1.43. The summed E-state index contributed by atoms with van der Waals surface area (Å²) in [5.41, 5.74) is 0.596. The zero-order chi connectivity index (χ0) is 19.1. The Balaban J connectivity index is 1.95. The van der Waals surface area contributed by atoms with Crippen molar-refractivity contribution in [2.45, 2.75) is 45.1 Å². The average molecular weight is 381 g/mol. The smallest absolute Gasteiger partial charge is 0.276 e. The van der Waals surface area contributed by atoms with Crippen molar-refractivity contribution in [2.75, 3.05) is 20.8 Å². The Morgan fingerprint density at radius 1 is 1.27 bits per heavy atom. The fourth-order valence-electron chi connectivity index (χ4n) is 3.34. The molecule has 2 N–H and O–H groups in total. The molecule has 0 amide bonds. The molecule has 0 bridgehead atoms. The van der Waals surface area contributed by atoms with Crippen molar-refractivity contribution in [1.29, 1.82) is 0 Å². The quantitative estimate of drug-likeness (QED) is 0.426. The fourth-order valence-corrected chi connectivity index (χ4v) is 3.59. The first-order valence-corrected chi connectivity index (χ1v) is 9.30. The summed E-state index contributed by atoms with van der Waals surface area (Å²) in [5, 5.41) is 18.5. The van der Waals surface area contributed by atoms with E-state index in [1.165, 1.54) is 39.5 Å². The topological polar surface area (TPSA) is 85.7 Å². The number of thiocarbonyl (C=S) groups is 1. The highest BCUT2D eigenvalue weighted by atomic mass is 32.1. The van der Waals surface area contributed by atoms with Gasteiger partial charge in [-0.2, -0.15) is 0 Å². The molecule has 1 fully saturated rings. The van der Waals surface area contributed by atoms with Gasteiger partial charge in [0.2, 0.25) is 0 Å². The van der Waals surface area contributed by atoms with Gasteiger partial charge < -0.3 is 20.1 Å². The van der Waals surface area contributed by atoms with Crippen molar-refractivity contribution < 1.29 is 14.4 Å². The lowest BCUT2D eigenvalue weighted by molar-refractivity contribution is -0.385. The van der Waals surface area contributed by atoms with Crippen molar-refractivity contribution >= 4 is 23.0 Å². The first-order valence-electron chi connectivity index (χ1n) is 8.90. The van der Waals surface area contributed by atoms with Crippen molar-refractivity contribution in [3.63, 3.8) is 0 Å². The normalized spacial score (nSPS) is 19.5. The summed E-state index contributed by atoms with van der Waals surface area (Å²) in [6.45, 7) is 2.75. The minimum Gasteiger partial charge on any atom is -0.493 e. The molecule has 8 heteroatoms. The van der Waals surface area contributed by atoms with Crippen molar-refractivity contribution in [1.82, 2.24) is 10.6 Å². The van der Waals surface area contributed by atoms with Crippen LogP contribution in [0.1, 0.15) is 38.2 Å². The van der Waals surface area contributed by atoms with Crippen LogP contribution < -0.4 is 20.1 Å². The van der Waals surface area contributed by atoms with Crippen LogP contribution in [0.2, 0.25) is 0 Å². The molecule has 1 aliphatic rings. The summed E-state index contributed by atoms with van der Waals surface area (Å²) in [7, 11) is 2.97. The van der Waals surface area contributed by atoms with Crippen LogP contribution in [0.25, 0.3) is 0 Å². The van der Waals surface area contributed by atoms with E-state index in [9.17, 15) is 10.1 Å². The second kappa shape index (κ2) is 9.56. The number of nitrogens with zero attached hydrogens (tertiary/aromatic N) is 1. The Morgan fingerprint density at radius 3 is 2.54 bits per heavy atom. The van der Waals surface area contributed by atoms with E-state index >= 15 is 0 Å². The van der Waals surface area contributed by atoms with E-state index in [1.807, 2.05) is 0 Å². The molecule has 144 valence electrons. The number of nitrogens with one attached hydrogen (secondary N) is 2. The number of hydrogen-bond donors (Lipinski definition) is 2. The SMILES string of the molecule is COc1cc(CCNC(=S)N[C@@H]2CCCC[C@@H]2C)c([N+](=O)[O-])cc1OC. The summed E-state index contributed by atoms with van der Waals surface area (Å²) in [4.78, 5) is 10.9. The van der Waals surface area contributed by atoms with Gasteiger partial charge in [-0.05, 0) is 43.5 Å². The van der Waals surface area contributed by atoms with Crippen molar-refractivity contribution in [3.05, 3.63) is 27.8 Å². The number of ether oxygens (including phenoxy) is 2. The van der Waals surface area contributed by atoms with Crippen molar-refractivity contribution in [2.24, 2.45) is 5.92 Å². The predicted molar refractivity (Wildman–Crippen MR) is 105 cm³/mol. The maximum Gasteiger partial charge on any atom is 0.276 e. The Hall–Kier alpha value is -2.09. The Labute approximate surface area is 159 Å². The largest absolute Gasteiger partial charge is 0.493 e. The van der Waals surface area contributed by atoms with Crippen LogP contribution in [0, 0.1) is 16.0 Å². The molecule has 7 nitrogen and oxygen atoms in total. The van der Waals surface area contributed by atoms with Crippen molar-refractivity contribution in [3.8, 4) is 11.5 Å². The molecular formula is C18H27N3O4S. The molecule has 0 saturated heterocycles. The maximum atomic E-state index is 11.3. The van der Waals surface area contributed by atoms with E-state index in [1.54, 1.807) is 6.07 Å². The van der Waals surface area contributed by atoms with Gasteiger partial charge >= 0.3 is 0 Å². The molecule has 26 heavy (non-hydrogen) atoms. The van der Waals surface area contributed by atoms with Crippen LogP contribution in [-0.2, 0) is 6.42 Å². The van der Waals surface area contributed by atoms with E-state index in [-0.39, 0.29) is 5.69 Å². The summed E-state index contributed by atoms with van der Waals surface area (Å²) in [6.07, 6.45) is 5.31. The highest BCUT2D eigenvalue weighted by molar-refractivity contribution is 7.80. The van der Waals surface area contributed by atoms with Gasteiger partial charge in [0.25, 0.3) is 5.69 Å². The molecule has 0 spiro atoms. The van der Waals surface area contributed by atoms with E-state index in [2.05, 4.69) is 17.6 Å². The molecule has 2 atom stereocenters. The number of benzene rings is 1. The van der Waals surface area contributed by atoms with Gasteiger partial charge in [0, 0.05) is 18.2 Å². The lowest BCUT2D eigenvalue weighted by Crippen LogP contribution is -2.46. The standard InChI is InChI=1S/C18H27N3O4S/c1-12-6-4-5-7-14(12)20-18(26)19-9-8-13-10-16(24-2)17(25-3)11-15(13)21(22)23/h10-12,14H,4-9H2,1-3H3,(H2,19,20,26)/t12-,14+/m0/s1. The molecule has 0 aromatic heterocycles. The lowest BCUT2D eigenvalue weighted by Gasteiger charge is -2.30. The van der Waals surface area contributed by atoms with Gasteiger partial charge in [0.15, 0.2) is 16.6 Å². The molecule has 1 aromatic rings. The molecule has 0 heterocycles. The van der Waals surface area contributed by atoms with Gasteiger partial charge in [-0.1, -0.05) is 19.8 Å². The average Bonchev–Trinajstić information content (AvgIpc) is 2.62. The van der Waals surface area contributed by atoms with Gasteiger partial charge in [0.05, 0.1) is 25.2 Å². The minimum absolute atomic E-state index is 0.0178. The van der Waals surface area contributed by atoms with Gasteiger partial charge in [0.1, 0.15) is 0 Å². The minimum atomic E-state index is -0.405. The Bertz CT molecular complexity index is 654. The van der Waals surface area contributed by atoms with Crippen LogP contribution in [0.5, 0.6) is 11.5 Å². The summed E-state index contributed by atoms with van der Waals surface area (Å²) >= 11 is 5.37.